The fraction of sp³-hybridized carbons (Fsp3) is 0.154. The van der Waals surface area contributed by atoms with Crippen LogP contribution in [0.4, 0.5) is 5.69 Å². The van der Waals surface area contributed by atoms with Gasteiger partial charge in [-0.3, -0.25) is 4.79 Å². The Labute approximate surface area is 201 Å². The maximum absolute atomic E-state index is 12.5. The Hall–Kier alpha value is -3.31. The molecular weight excluding hydrogens is 515 g/mol. The van der Waals surface area contributed by atoms with E-state index in [1.54, 1.807) is 24.3 Å². The number of para-hydroxylation sites is 1. The first-order valence-corrected chi connectivity index (χ1v) is 11.2. The molecule has 0 aliphatic carbocycles. The fourth-order valence-electron chi connectivity index (χ4n) is 3.07. The lowest BCUT2D eigenvalue weighted by molar-refractivity contribution is -0.112. The number of carbonyl (C=O) groups excluding carboxylic acids is 1. The highest BCUT2D eigenvalue weighted by molar-refractivity contribution is 14.1. The van der Waals surface area contributed by atoms with E-state index in [0.717, 1.165) is 9.13 Å². The highest BCUT2D eigenvalue weighted by Crippen LogP contribution is 2.35. The summed E-state index contributed by atoms with van der Waals surface area (Å²) in [7, 11) is 0. The second-order valence-corrected chi connectivity index (χ2v) is 8.19. The monoisotopic (exact) mass is 538 g/mol. The zero-order valence-electron chi connectivity index (χ0n) is 17.9. The zero-order chi connectivity index (χ0) is 22.9. The molecule has 0 fully saturated rings. The van der Waals surface area contributed by atoms with Crippen LogP contribution in [-0.2, 0) is 11.4 Å². The van der Waals surface area contributed by atoms with Gasteiger partial charge in [0.05, 0.1) is 10.2 Å². The van der Waals surface area contributed by atoms with Crippen LogP contribution >= 0.6 is 22.6 Å². The van der Waals surface area contributed by atoms with Gasteiger partial charge in [-0.1, -0.05) is 48.0 Å². The minimum Gasteiger partial charge on any atom is -0.490 e. The van der Waals surface area contributed by atoms with Gasteiger partial charge in [0.15, 0.2) is 11.5 Å². The van der Waals surface area contributed by atoms with Crippen LogP contribution in [0.15, 0.2) is 72.3 Å². The molecule has 6 heteroatoms. The lowest BCUT2D eigenvalue weighted by atomic mass is 10.1. The maximum atomic E-state index is 12.5. The fourth-order valence-corrected chi connectivity index (χ4v) is 3.85. The molecule has 0 spiro atoms. The molecule has 1 N–H and O–H groups in total. The average Bonchev–Trinajstić information content (AvgIpc) is 2.78. The minimum atomic E-state index is -0.466. The van der Waals surface area contributed by atoms with Gasteiger partial charge in [0.1, 0.15) is 18.2 Å². The number of halogens is 1. The number of rotatable bonds is 8. The van der Waals surface area contributed by atoms with E-state index in [0.29, 0.717) is 36.0 Å². The Morgan fingerprint density at radius 2 is 1.88 bits per heavy atom. The summed E-state index contributed by atoms with van der Waals surface area (Å²) in [6.45, 7) is 4.81. The molecule has 0 saturated heterocycles. The molecule has 3 aromatic rings. The third kappa shape index (κ3) is 6.34. The molecule has 3 aromatic carbocycles. The Kier molecular flexibility index (Phi) is 8.28. The number of hydrogen-bond donors (Lipinski definition) is 1. The van der Waals surface area contributed by atoms with Crippen molar-refractivity contribution in [3.05, 3.63) is 92.6 Å². The summed E-state index contributed by atoms with van der Waals surface area (Å²) in [5.41, 5.74) is 3.55. The number of ether oxygens (including phenoxy) is 2. The Morgan fingerprint density at radius 3 is 2.56 bits per heavy atom. The van der Waals surface area contributed by atoms with Crippen molar-refractivity contribution in [2.45, 2.75) is 20.5 Å². The molecule has 0 unspecified atom stereocenters. The number of benzene rings is 3. The van der Waals surface area contributed by atoms with E-state index in [9.17, 15) is 10.1 Å². The Bertz CT molecular complexity index is 1170. The summed E-state index contributed by atoms with van der Waals surface area (Å²) < 4.78 is 12.7. The largest absolute Gasteiger partial charge is 0.490 e. The van der Waals surface area contributed by atoms with Crippen molar-refractivity contribution < 1.29 is 14.3 Å². The maximum Gasteiger partial charge on any atom is 0.266 e. The van der Waals surface area contributed by atoms with Gasteiger partial charge in [-0.25, -0.2) is 0 Å². The number of nitrogens with one attached hydrogen (secondary N) is 1. The molecule has 0 aliphatic rings. The predicted molar refractivity (Wildman–Crippen MR) is 135 cm³/mol. The van der Waals surface area contributed by atoms with E-state index in [2.05, 4.69) is 34.0 Å². The lowest BCUT2D eigenvalue weighted by Gasteiger charge is -2.15. The van der Waals surface area contributed by atoms with Gasteiger partial charge in [-0.05, 0) is 77.9 Å². The lowest BCUT2D eigenvalue weighted by Crippen LogP contribution is -2.13. The third-order valence-corrected chi connectivity index (χ3v) is 5.31. The van der Waals surface area contributed by atoms with Crippen molar-refractivity contribution in [2.24, 2.45) is 0 Å². The van der Waals surface area contributed by atoms with Crippen LogP contribution in [-0.4, -0.2) is 12.5 Å². The topological polar surface area (TPSA) is 71.3 Å². The predicted octanol–water partition coefficient (Wildman–Crippen LogP) is 6.12. The highest BCUT2D eigenvalue weighted by Gasteiger charge is 2.15. The van der Waals surface area contributed by atoms with Crippen LogP contribution in [0.2, 0.25) is 0 Å². The van der Waals surface area contributed by atoms with Crippen molar-refractivity contribution in [1.29, 1.82) is 5.26 Å². The van der Waals surface area contributed by atoms with E-state index < -0.39 is 5.91 Å². The summed E-state index contributed by atoms with van der Waals surface area (Å²) in [5.74, 6) is 0.740. The van der Waals surface area contributed by atoms with E-state index in [1.807, 2.05) is 62.4 Å². The second kappa shape index (κ2) is 11.3. The first kappa shape index (κ1) is 23.4. The van der Waals surface area contributed by atoms with Crippen LogP contribution in [0.1, 0.15) is 23.6 Å². The molecular formula is C26H23IN2O3. The van der Waals surface area contributed by atoms with Gasteiger partial charge < -0.3 is 14.8 Å². The van der Waals surface area contributed by atoms with Gasteiger partial charge in [0, 0.05) is 5.69 Å². The number of carbonyl (C=O) groups is 1. The first-order valence-electron chi connectivity index (χ1n) is 10.1. The molecule has 0 atom stereocenters. The van der Waals surface area contributed by atoms with Crippen LogP contribution < -0.4 is 14.8 Å². The van der Waals surface area contributed by atoms with Gasteiger partial charge >= 0.3 is 0 Å². The third-order valence-electron chi connectivity index (χ3n) is 4.51. The normalized spacial score (nSPS) is 10.9. The van der Waals surface area contributed by atoms with Crippen LogP contribution in [0.25, 0.3) is 6.08 Å². The van der Waals surface area contributed by atoms with Crippen molar-refractivity contribution in [2.75, 3.05) is 11.9 Å². The first-order chi connectivity index (χ1) is 15.5. The molecule has 162 valence electrons. The Morgan fingerprint density at radius 1 is 1.09 bits per heavy atom. The van der Waals surface area contributed by atoms with Gasteiger partial charge in [-0.2, -0.15) is 5.26 Å². The summed E-state index contributed by atoms with van der Waals surface area (Å²) in [4.78, 5) is 12.5. The van der Waals surface area contributed by atoms with Crippen LogP contribution in [0.5, 0.6) is 11.5 Å². The molecule has 3 rings (SSSR count). The number of anilines is 1. The van der Waals surface area contributed by atoms with Crippen molar-refractivity contribution in [3.63, 3.8) is 0 Å². The smallest absolute Gasteiger partial charge is 0.266 e. The number of nitrogens with zero attached hydrogens (tertiary/aromatic N) is 1. The van der Waals surface area contributed by atoms with E-state index in [-0.39, 0.29) is 5.57 Å². The SMILES string of the molecule is CCOc1cc(/C=C(\C#N)C(=O)Nc2ccccc2)cc(I)c1OCc1cccc(C)c1. The summed E-state index contributed by atoms with van der Waals surface area (Å²) in [6, 6.07) is 22.8. The van der Waals surface area contributed by atoms with E-state index in [4.69, 9.17) is 9.47 Å². The van der Waals surface area contributed by atoms with Gasteiger partial charge in [0.25, 0.3) is 5.91 Å². The second-order valence-electron chi connectivity index (χ2n) is 7.03. The van der Waals surface area contributed by atoms with Crippen LogP contribution in [0, 0.1) is 21.8 Å². The summed E-state index contributed by atoms with van der Waals surface area (Å²) in [5, 5.41) is 12.3. The molecule has 0 bridgehead atoms. The number of amides is 1. The average molecular weight is 538 g/mol. The van der Waals surface area contributed by atoms with Crippen molar-refractivity contribution >= 4 is 40.3 Å². The van der Waals surface area contributed by atoms with E-state index >= 15 is 0 Å². The summed E-state index contributed by atoms with van der Waals surface area (Å²) >= 11 is 2.18. The minimum absolute atomic E-state index is 0.000491. The number of aryl methyl sites for hydroxylation is 1. The molecule has 0 aromatic heterocycles. The highest BCUT2D eigenvalue weighted by atomic mass is 127. The molecule has 0 radical (unpaired) electrons. The molecule has 5 nitrogen and oxygen atoms in total. The van der Waals surface area contributed by atoms with Crippen molar-refractivity contribution in [3.8, 4) is 17.6 Å². The quantitative estimate of drug-likeness (QED) is 0.213. The molecule has 32 heavy (non-hydrogen) atoms. The molecule has 0 saturated carbocycles. The zero-order valence-corrected chi connectivity index (χ0v) is 20.0. The van der Waals surface area contributed by atoms with Crippen LogP contribution in [0.3, 0.4) is 0 Å². The Balaban J connectivity index is 1.85. The standard InChI is InChI=1S/C26H23IN2O3/c1-3-31-24-15-20(13-21(16-28)26(30)29-22-10-5-4-6-11-22)14-23(27)25(24)32-17-19-9-7-8-18(2)12-19/h4-15H,3,17H2,1-2H3,(H,29,30)/b21-13+. The van der Waals surface area contributed by atoms with E-state index in [1.165, 1.54) is 5.56 Å². The molecule has 0 heterocycles. The summed E-state index contributed by atoms with van der Waals surface area (Å²) in [6.07, 6.45) is 1.55. The number of hydrogen-bond acceptors (Lipinski definition) is 4. The molecule has 0 aliphatic heterocycles. The van der Waals surface area contributed by atoms with Gasteiger partial charge in [0.2, 0.25) is 0 Å². The van der Waals surface area contributed by atoms with Gasteiger partial charge in [-0.15, -0.1) is 0 Å². The number of nitriles is 1. The van der Waals surface area contributed by atoms with Crippen molar-refractivity contribution in [1.82, 2.24) is 0 Å². The molecule has 1 amide bonds.